The Morgan fingerprint density at radius 2 is 2.08 bits per heavy atom. The van der Waals surface area contributed by atoms with Crippen LogP contribution >= 0.6 is 23.2 Å². The zero-order valence-corrected chi connectivity index (χ0v) is 14.4. The van der Waals surface area contributed by atoms with Crippen molar-refractivity contribution < 1.29 is 17.9 Å². The summed E-state index contributed by atoms with van der Waals surface area (Å²) in [6.07, 6.45) is 1.48. The monoisotopic (exact) mass is 387 g/mol. The molecule has 1 aliphatic heterocycles. The average Bonchev–Trinajstić information content (AvgIpc) is 2.52. The number of rotatable bonds is 4. The van der Waals surface area contributed by atoms with E-state index in [0.29, 0.717) is 16.4 Å². The lowest BCUT2D eigenvalue weighted by molar-refractivity contribution is -0.118. The Morgan fingerprint density at radius 1 is 1.29 bits per heavy atom. The van der Waals surface area contributed by atoms with Gasteiger partial charge in [-0.1, -0.05) is 23.2 Å². The Labute approximate surface area is 148 Å². The summed E-state index contributed by atoms with van der Waals surface area (Å²) in [4.78, 5) is 15.1. The van der Waals surface area contributed by atoms with Crippen molar-refractivity contribution in [2.45, 2.75) is 11.4 Å². The third-order valence-corrected chi connectivity index (χ3v) is 5.28. The fraction of sp³-hybridized carbons (Fsp3) is 0.143. The number of nitrogens with one attached hydrogen (secondary N) is 2. The van der Waals surface area contributed by atoms with Gasteiger partial charge in [-0.3, -0.25) is 9.78 Å². The maximum Gasteiger partial charge on any atom is 0.262 e. The van der Waals surface area contributed by atoms with Gasteiger partial charge in [0.2, 0.25) is 10.0 Å². The fourth-order valence-electron chi connectivity index (χ4n) is 2.08. The fourth-order valence-corrected chi connectivity index (χ4v) is 3.80. The minimum absolute atomic E-state index is 0.0360. The summed E-state index contributed by atoms with van der Waals surface area (Å²) in [6, 6.07) is 5.74. The van der Waals surface area contributed by atoms with Crippen LogP contribution < -0.4 is 14.8 Å². The van der Waals surface area contributed by atoms with Crippen molar-refractivity contribution in [2.75, 3.05) is 11.9 Å². The van der Waals surface area contributed by atoms with E-state index in [-0.39, 0.29) is 34.7 Å². The number of anilines is 1. The number of benzene rings is 1. The zero-order chi connectivity index (χ0) is 17.3. The van der Waals surface area contributed by atoms with Crippen LogP contribution in [0.4, 0.5) is 5.69 Å². The van der Waals surface area contributed by atoms with Crippen molar-refractivity contribution in [3.05, 3.63) is 46.2 Å². The van der Waals surface area contributed by atoms with Crippen LogP contribution in [-0.4, -0.2) is 25.9 Å². The van der Waals surface area contributed by atoms with E-state index in [1.165, 1.54) is 18.3 Å². The number of carbonyl (C=O) groups excluding carboxylic acids is 1. The molecule has 0 radical (unpaired) electrons. The molecule has 1 aromatic carbocycles. The lowest BCUT2D eigenvalue weighted by Crippen LogP contribution is -2.27. The van der Waals surface area contributed by atoms with Crippen molar-refractivity contribution in [1.29, 1.82) is 0 Å². The maximum atomic E-state index is 12.5. The molecule has 1 aromatic heterocycles. The minimum atomic E-state index is -3.91. The molecule has 0 bridgehead atoms. The number of nitrogens with zero attached hydrogens (tertiary/aromatic N) is 1. The van der Waals surface area contributed by atoms with Crippen LogP contribution in [0, 0.1) is 0 Å². The molecule has 1 aliphatic rings. The number of carbonyl (C=O) groups is 1. The predicted molar refractivity (Wildman–Crippen MR) is 88.8 cm³/mol. The van der Waals surface area contributed by atoms with E-state index < -0.39 is 10.0 Å². The molecular formula is C14H11Cl2N3O4S. The van der Waals surface area contributed by atoms with E-state index in [1.807, 2.05) is 0 Å². The van der Waals surface area contributed by atoms with Gasteiger partial charge in [0.25, 0.3) is 5.91 Å². The number of hydrogen-bond acceptors (Lipinski definition) is 5. The van der Waals surface area contributed by atoms with Crippen LogP contribution in [-0.2, 0) is 21.4 Å². The van der Waals surface area contributed by atoms with Gasteiger partial charge < -0.3 is 10.1 Å². The third-order valence-electron chi connectivity index (χ3n) is 3.18. The number of hydrogen-bond donors (Lipinski definition) is 2. The van der Waals surface area contributed by atoms with Gasteiger partial charge in [0.05, 0.1) is 22.9 Å². The number of fused-ring (bicyclic) bond motifs is 1. The summed E-state index contributed by atoms with van der Waals surface area (Å²) < 4.78 is 32.5. The Kier molecular flexibility index (Phi) is 4.64. The molecule has 0 saturated heterocycles. The molecule has 3 rings (SSSR count). The maximum absolute atomic E-state index is 12.5. The zero-order valence-electron chi connectivity index (χ0n) is 12.0. The second kappa shape index (κ2) is 6.56. The van der Waals surface area contributed by atoms with Crippen molar-refractivity contribution in [3.63, 3.8) is 0 Å². The number of aromatic nitrogens is 1. The quantitative estimate of drug-likeness (QED) is 0.837. The molecule has 0 saturated carbocycles. The average molecular weight is 388 g/mol. The van der Waals surface area contributed by atoms with Crippen molar-refractivity contribution in [3.8, 4) is 5.75 Å². The number of halogens is 2. The highest BCUT2D eigenvalue weighted by atomic mass is 35.5. The van der Waals surface area contributed by atoms with Crippen LogP contribution in [0.15, 0.2) is 35.4 Å². The lowest BCUT2D eigenvalue weighted by atomic mass is 10.2. The molecule has 2 heterocycles. The van der Waals surface area contributed by atoms with Crippen molar-refractivity contribution in [1.82, 2.24) is 9.71 Å². The standard InChI is InChI=1S/C14H11Cl2N3O4S/c15-8-1-2-17-9(3-8)6-18-24(21,22)13-5-12-11(4-10(13)16)19-14(20)7-23-12/h1-5,18H,6-7H2,(H,19,20). The van der Waals surface area contributed by atoms with Gasteiger partial charge in [0.1, 0.15) is 10.6 Å². The van der Waals surface area contributed by atoms with Crippen LogP contribution in [0.2, 0.25) is 10.0 Å². The number of amides is 1. The van der Waals surface area contributed by atoms with E-state index in [2.05, 4.69) is 15.0 Å². The first kappa shape index (κ1) is 17.0. The highest BCUT2D eigenvalue weighted by Crippen LogP contribution is 2.35. The summed E-state index contributed by atoms with van der Waals surface area (Å²) in [5.41, 5.74) is 0.787. The van der Waals surface area contributed by atoms with Gasteiger partial charge in [-0.25, -0.2) is 13.1 Å². The largest absolute Gasteiger partial charge is 0.482 e. The normalized spacial score (nSPS) is 13.8. The lowest BCUT2D eigenvalue weighted by Gasteiger charge is -2.19. The summed E-state index contributed by atoms with van der Waals surface area (Å²) in [6.45, 7) is -0.234. The number of ether oxygens (including phenoxy) is 1. The summed E-state index contributed by atoms with van der Waals surface area (Å²) in [5, 5.41) is 2.97. The molecule has 0 aliphatic carbocycles. The van der Waals surface area contributed by atoms with Crippen molar-refractivity contribution in [2.24, 2.45) is 0 Å². The van der Waals surface area contributed by atoms with Gasteiger partial charge in [0.15, 0.2) is 6.61 Å². The number of sulfonamides is 1. The Morgan fingerprint density at radius 3 is 2.83 bits per heavy atom. The second-order valence-electron chi connectivity index (χ2n) is 4.91. The molecule has 0 spiro atoms. The molecule has 0 unspecified atom stereocenters. The molecule has 126 valence electrons. The van der Waals surface area contributed by atoms with Gasteiger partial charge in [-0.15, -0.1) is 0 Å². The first-order chi connectivity index (χ1) is 11.3. The Balaban J connectivity index is 1.85. The molecule has 7 nitrogen and oxygen atoms in total. The van der Waals surface area contributed by atoms with E-state index in [1.54, 1.807) is 12.1 Å². The Bertz CT molecular complexity index is 918. The first-order valence-corrected chi connectivity index (χ1v) is 8.95. The molecule has 24 heavy (non-hydrogen) atoms. The third kappa shape index (κ3) is 3.62. The van der Waals surface area contributed by atoms with Gasteiger partial charge in [0, 0.05) is 17.3 Å². The molecule has 0 atom stereocenters. The van der Waals surface area contributed by atoms with Gasteiger partial charge in [-0.05, 0) is 18.2 Å². The van der Waals surface area contributed by atoms with Gasteiger partial charge >= 0.3 is 0 Å². The van der Waals surface area contributed by atoms with Crippen molar-refractivity contribution >= 4 is 44.8 Å². The molecule has 2 N–H and O–H groups in total. The van der Waals surface area contributed by atoms with E-state index >= 15 is 0 Å². The topological polar surface area (TPSA) is 97.4 Å². The first-order valence-electron chi connectivity index (χ1n) is 6.71. The van der Waals surface area contributed by atoms with Crippen LogP contribution in [0.3, 0.4) is 0 Å². The Hall–Kier alpha value is -1.87. The number of pyridine rings is 1. The molecule has 1 amide bonds. The molecule has 2 aromatic rings. The summed E-state index contributed by atoms with van der Waals surface area (Å²) in [7, 11) is -3.91. The molecule has 10 heteroatoms. The smallest absolute Gasteiger partial charge is 0.262 e. The SMILES string of the molecule is O=C1COc2cc(S(=O)(=O)NCc3cc(Cl)ccn3)c(Cl)cc2N1. The minimum Gasteiger partial charge on any atom is -0.482 e. The van der Waals surface area contributed by atoms with E-state index in [0.717, 1.165) is 0 Å². The predicted octanol–water partition coefficient (Wildman–Crippen LogP) is 2.20. The van der Waals surface area contributed by atoms with Gasteiger partial charge in [-0.2, -0.15) is 0 Å². The summed E-state index contributed by atoms with van der Waals surface area (Å²) >= 11 is 11.9. The summed E-state index contributed by atoms with van der Waals surface area (Å²) in [5.74, 6) is -0.0976. The second-order valence-corrected chi connectivity index (χ2v) is 7.48. The van der Waals surface area contributed by atoms with Crippen LogP contribution in [0.5, 0.6) is 5.75 Å². The van der Waals surface area contributed by atoms with E-state index in [4.69, 9.17) is 27.9 Å². The highest BCUT2D eigenvalue weighted by Gasteiger charge is 2.24. The highest BCUT2D eigenvalue weighted by molar-refractivity contribution is 7.89. The molecular weight excluding hydrogens is 377 g/mol. The molecule has 0 fully saturated rings. The van der Waals surface area contributed by atoms with Crippen LogP contribution in [0.25, 0.3) is 0 Å². The van der Waals surface area contributed by atoms with E-state index in [9.17, 15) is 13.2 Å². The van der Waals surface area contributed by atoms with Crippen LogP contribution in [0.1, 0.15) is 5.69 Å².